The fourth-order valence-electron chi connectivity index (χ4n) is 1.23. The largest absolute Gasteiger partial charge is 0.245 e. The summed E-state index contributed by atoms with van der Waals surface area (Å²) in [7, 11) is 2.17. The molecule has 0 radical (unpaired) electrons. The minimum Gasteiger partial charge on any atom is -0.245 e. The average Bonchev–Trinajstić information content (AvgIpc) is 2.03. The summed E-state index contributed by atoms with van der Waals surface area (Å²) in [5, 5.41) is 4.68. The summed E-state index contributed by atoms with van der Waals surface area (Å²) >= 11 is 0. The molecule has 0 N–H and O–H groups in total. The van der Waals surface area contributed by atoms with Crippen molar-refractivity contribution in [1.82, 2.24) is 10.0 Å². The van der Waals surface area contributed by atoms with Crippen molar-refractivity contribution < 1.29 is 0 Å². The van der Waals surface area contributed by atoms with Crippen LogP contribution in [0.15, 0.2) is 0 Å². The van der Waals surface area contributed by atoms with E-state index in [-0.39, 0.29) is 0 Å². The lowest BCUT2D eigenvalue weighted by Gasteiger charge is -2.29. The highest BCUT2D eigenvalue weighted by Crippen LogP contribution is 1.96. The van der Waals surface area contributed by atoms with Gasteiger partial charge in [0.2, 0.25) is 0 Å². The molecular weight excluding hydrogens is 136 g/mol. The Hall–Kier alpha value is -0.0800. The van der Waals surface area contributed by atoms with E-state index in [0.29, 0.717) is 0 Å². The van der Waals surface area contributed by atoms with Crippen molar-refractivity contribution >= 4 is 0 Å². The Kier molecular flexibility index (Phi) is 6.57. The summed E-state index contributed by atoms with van der Waals surface area (Å²) < 4.78 is 0. The molecule has 2 nitrogen and oxygen atoms in total. The highest BCUT2D eigenvalue weighted by atomic mass is 15.6. The Morgan fingerprint density at radius 1 is 1.00 bits per heavy atom. The molecule has 11 heavy (non-hydrogen) atoms. The predicted molar refractivity (Wildman–Crippen MR) is 50.5 cm³/mol. The topological polar surface area (TPSA) is 6.48 Å². The van der Waals surface area contributed by atoms with Gasteiger partial charge in [-0.1, -0.05) is 27.2 Å². The van der Waals surface area contributed by atoms with Gasteiger partial charge in [0.1, 0.15) is 0 Å². The maximum Gasteiger partial charge on any atom is 0.0130 e. The van der Waals surface area contributed by atoms with Crippen LogP contribution < -0.4 is 0 Å². The summed E-state index contributed by atoms with van der Waals surface area (Å²) in [5.41, 5.74) is 0. The molecule has 0 rings (SSSR count). The maximum atomic E-state index is 2.36. The molecule has 0 unspecified atom stereocenters. The molecule has 0 aromatic carbocycles. The number of rotatable bonds is 6. The maximum absolute atomic E-state index is 2.36. The van der Waals surface area contributed by atoms with E-state index in [1.807, 2.05) is 0 Å². The normalized spacial score (nSPS) is 11.5. The van der Waals surface area contributed by atoms with Crippen LogP contribution in [0, 0.1) is 0 Å². The molecule has 0 amide bonds. The summed E-state index contributed by atoms with van der Waals surface area (Å²) in [6.07, 6.45) is 2.58. The zero-order valence-electron chi connectivity index (χ0n) is 8.43. The van der Waals surface area contributed by atoms with Crippen molar-refractivity contribution in [1.29, 1.82) is 0 Å². The molecule has 68 valence electrons. The van der Waals surface area contributed by atoms with E-state index in [2.05, 4.69) is 37.8 Å². The first kappa shape index (κ1) is 10.9. The smallest absolute Gasteiger partial charge is 0.0130 e. The monoisotopic (exact) mass is 158 g/mol. The third-order valence-corrected chi connectivity index (χ3v) is 2.05. The van der Waals surface area contributed by atoms with Crippen LogP contribution in [0.5, 0.6) is 0 Å². The zero-order chi connectivity index (χ0) is 8.69. The molecule has 0 saturated heterocycles. The van der Waals surface area contributed by atoms with Gasteiger partial charge in [-0.25, -0.2) is 10.0 Å². The molecule has 0 saturated carbocycles. The zero-order valence-corrected chi connectivity index (χ0v) is 8.43. The minimum atomic E-state index is 1.12. The summed E-state index contributed by atoms with van der Waals surface area (Å²) in [4.78, 5) is 0. The molecule has 0 aromatic heterocycles. The Labute approximate surface area is 71.1 Å². The number of nitrogens with zero attached hydrogens (tertiary/aromatic N) is 2. The first-order valence-electron chi connectivity index (χ1n) is 4.72. The fourth-order valence-corrected chi connectivity index (χ4v) is 1.23. The molecule has 0 heterocycles. The molecular formula is C9H22N2. The quantitative estimate of drug-likeness (QED) is 0.545. The SMILES string of the molecule is CCCCN(C)N(CC)CC. The van der Waals surface area contributed by atoms with Crippen molar-refractivity contribution in [2.75, 3.05) is 26.7 Å². The first-order chi connectivity index (χ1) is 5.26. The average molecular weight is 158 g/mol. The molecule has 0 bridgehead atoms. The number of hydrogen-bond acceptors (Lipinski definition) is 2. The Balaban J connectivity index is 3.51. The number of hydrazine groups is 1. The third kappa shape index (κ3) is 4.38. The van der Waals surface area contributed by atoms with Crippen LogP contribution in [0.1, 0.15) is 33.6 Å². The molecule has 0 aliphatic carbocycles. The summed E-state index contributed by atoms with van der Waals surface area (Å²) in [6, 6.07) is 0. The standard InChI is InChI=1S/C9H22N2/c1-5-8-9-10(4)11(6-2)7-3/h5-9H2,1-4H3. The third-order valence-electron chi connectivity index (χ3n) is 2.05. The van der Waals surface area contributed by atoms with Crippen molar-refractivity contribution in [3.63, 3.8) is 0 Å². The van der Waals surface area contributed by atoms with Gasteiger partial charge in [-0.15, -0.1) is 0 Å². The van der Waals surface area contributed by atoms with E-state index < -0.39 is 0 Å². The molecule has 0 aromatic rings. The Morgan fingerprint density at radius 3 is 1.91 bits per heavy atom. The van der Waals surface area contributed by atoms with Crippen LogP contribution in [0.4, 0.5) is 0 Å². The van der Waals surface area contributed by atoms with Crippen LogP contribution in [0.2, 0.25) is 0 Å². The van der Waals surface area contributed by atoms with Gasteiger partial charge in [0, 0.05) is 26.7 Å². The highest BCUT2D eigenvalue weighted by Gasteiger charge is 2.04. The van der Waals surface area contributed by atoms with Gasteiger partial charge in [-0.2, -0.15) is 0 Å². The molecule has 0 atom stereocenters. The van der Waals surface area contributed by atoms with E-state index in [1.54, 1.807) is 0 Å². The van der Waals surface area contributed by atoms with Crippen LogP contribution in [0.3, 0.4) is 0 Å². The fraction of sp³-hybridized carbons (Fsp3) is 1.00. The van der Waals surface area contributed by atoms with Crippen LogP contribution in [-0.4, -0.2) is 36.7 Å². The number of unbranched alkanes of at least 4 members (excludes halogenated alkanes) is 1. The van der Waals surface area contributed by atoms with Crippen LogP contribution >= 0.6 is 0 Å². The van der Waals surface area contributed by atoms with E-state index in [4.69, 9.17) is 0 Å². The van der Waals surface area contributed by atoms with Crippen LogP contribution in [0.25, 0.3) is 0 Å². The molecule has 0 aliphatic rings. The van der Waals surface area contributed by atoms with Crippen molar-refractivity contribution in [3.8, 4) is 0 Å². The second-order valence-electron chi connectivity index (χ2n) is 2.87. The number of hydrogen-bond donors (Lipinski definition) is 0. The second kappa shape index (κ2) is 6.62. The van der Waals surface area contributed by atoms with E-state index in [0.717, 1.165) is 13.1 Å². The van der Waals surface area contributed by atoms with Gasteiger partial charge < -0.3 is 0 Å². The van der Waals surface area contributed by atoms with E-state index >= 15 is 0 Å². The van der Waals surface area contributed by atoms with E-state index in [9.17, 15) is 0 Å². The molecule has 0 fully saturated rings. The van der Waals surface area contributed by atoms with Gasteiger partial charge in [-0.05, 0) is 6.42 Å². The van der Waals surface area contributed by atoms with Gasteiger partial charge in [0.25, 0.3) is 0 Å². The van der Waals surface area contributed by atoms with Crippen molar-refractivity contribution in [2.45, 2.75) is 33.6 Å². The first-order valence-corrected chi connectivity index (χ1v) is 4.72. The van der Waals surface area contributed by atoms with Gasteiger partial charge in [0.15, 0.2) is 0 Å². The van der Waals surface area contributed by atoms with Crippen LogP contribution in [-0.2, 0) is 0 Å². The Morgan fingerprint density at radius 2 is 1.55 bits per heavy atom. The lowest BCUT2D eigenvalue weighted by molar-refractivity contribution is 0.00890. The lowest BCUT2D eigenvalue weighted by Crippen LogP contribution is -2.39. The molecule has 0 aliphatic heterocycles. The van der Waals surface area contributed by atoms with Gasteiger partial charge in [-0.3, -0.25) is 0 Å². The molecule has 0 spiro atoms. The second-order valence-corrected chi connectivity index (χ2v) is 2.87. The summed E-state index contributed by atoms with van der Waals surface area (Å²) in [6.45, 7) is 10.1. The summed E-state index contributed by atoms with van der Waals surface area (Å²) in [5.74, 6) is 0. The minimum absolute atomic E-state index is 1.12. The Bertz CT molecular complexity index is 79.6. The highest BCUT2D eigenvalue weighted by molar-refractivity contribution is 4.48. The van der Waals surface area contributed by atoms with Gasteiger partial charge in [0.05, 0.1) is 0 Å². The lowest BCUT2D eigenvalue weighted by atomic mass is 10.3. The van der Waals surface area contributed by atoms with Crippen molar-refractivity contribution in [3.05, 3.63) is 0 Å². The molecule has 2 heteroatoms. The van der Waals surface area contributed by atoms with Gasteiger partial charge >= 0.3 is 0 Å². The predicted octanol–water partition coefficient (Wildman–Crippen LogP) is 1.98. The van der Waals surface area contributed by atoms with Crippen molar-refractivity contribution in [2.24, 2.45) is 0 Å². The van der Waals surface area contributed by atoms with E-state index in [1.165, 1.54) is 19.4 Å².